The van der Waals surface area contributed by atoms with Gasteiger partial charge in [-0.15, -0.1) is 0 Å². The molecule has 1 amide bonds. The normalized spacial score (nSPS) is 27.0. The smallest absolute Gasteiger partial charge is 0.309 e. The van der Waals surface area contributed by atoms with E-state index in [4.69, 9.17) is 0 Å². The Morgan fingerprint density at radius 1 is 1.29 bits per heavy atom. The Kier molecular flexibility index (Phi) is 4.41. The number of carbonyl (C=O) groups is 2. The van der Waals surface area contributed by atoms with Gasteiger partial charge in [-0.25, -0.2) is 0 Å². The Balaban J connectivity index is 1.65. The molecule has 1 saturated carbocycles. The number of likely N-dealkylation sites (tertiary alicyclic amines) is 1. The lowest BCUT2D eigenvalue weighted by atomic mass is 9.74. The van der Waals surface area contributed by atoms with Crippen LogP contribution in [0.2, 0.25) is 0 Å². The van der Waals surface area contributed by atoms with Crippen molar-refractivity contribution in [3.05, 3.63) is 35.4 Å². The highest BCUT2D eigenvalue weighted by Crippen LogP contribution is 2.49. The summed E-state index contributed by atoms with van der Waals surface area (Å²) in [6, 6.07) is 8.41. The quantitative estimate of drug-likeness (QED) is 0.920. The number of amides is 1. The van der Waals surface area contributed by atoms with Gasteiger partial charge in [0.15, 0.2) is 0 Å². The third-order valence-electron chi connectivity index (χ3n) is 5.88. The summed E-state index contributed by atoms with van der Waals surface area (Å²) in [5, 5.41) is 9.45. The number of carbonyl (C=O) groups excluding carboxylic acids is 1. The molecule has 1 N–H and O–H groups in total. The number of aliphatic carboxylic acids is 1. The number of hydrogen-bond donors (Lipinski definition) is 1. The van der Waals surface area contributed by atoms with Crippen LogP contribution in [0.5, 0.6) is 0 Å². The van der Waals surface area contributed by atoms with E-state index in [1.807, 2.05) is 4.90 Å². The molecule has 1 aliphatic heterocycles. The minimum atomic E-state index is -0.779. The van der Waals surface area contributed by atoms with Gasteiger partial charge < -0.3 is 10.0 Å². The van der Waals surface area contributed by atoms with Gasteiger partial charge in [0.1, 0.15) is 0 Å². The molecule has 1 heterocycles. The van der Waals surface area contributed by atoms with Gasteiger partial charge in [-0.2, -0.15) is 0 Å². The molecule has 24 heavy (non-hydrogen) atoms. The summed E-state index contributed by atoms with van der Waals surface area (Å²) in [6.07, 6.45) is 2.70. The van der Waals surface area contributed by atoms with Gasteiger partial charge in [-0.1, -0.05) is 29.8 Å². The predicted octanol–water partition coefficient (Wildman–Crippen LogP) is 3.45. The van der Waals surface area contributed by atoms with Crippen LogP contribution in [-0.4, -0.2) is 35.0 Å². The molecule has 130 valence electrons. The fourth-order valence-corrected chi connectivity index (χ4v) is 3.91. The fourth-order valence-electron chi connectivity index (χ4n) is 3.91. The number of nitrogens with zero attached hydrogens (tertiary/aromatic N) is 1. The van der Waals surface area contributed by atoms with E-state index in [9.17, 15) is 14.7 Å². The van der Waals surface area contributed by atoms with E-state index in [2.05, 4.69) is 31.2 Å². The summed E-state index contributed by atoms with van der Waals surface area (Å²) in [5.74, 6) is -0.106. The van der Waals surface area contributed by atoms with E-state index in [0.29, 0.717) is 12.5 Å². The molecule has 1 aliphatic carbocycles. The zero-order valence-electron chi connectivity index (χ0n) is 14.8. The highest BCUT2D eigenvalue weighted by molar-refractivity contribution is 5.83. The van der Waals surface area contributed by atoms with Crippen LogP contribution in [0.25, 0.3) is 0 Å². The molecular weight excluding hydrogens is 302 g/mol. The number of benzene rings is 1. The largest absolute Gasteiger partial charge is 0.481 e. The molecule has 1 unspecified atom stereocenters. The Morgan fingerprint density at radius 2 is 2.04 bits per heavy atom. The van der Waals surface area contributed by atoms with E-state index in [1.165, 1.54) is 11.1 Å². The summed E-state index contributed by atoms with van der Waals surface area (Å²) in [5.41, 5.74) is 1.71. The van der Waals surface area contributed by atoms with E-state index >= 15 is 0 Å². The van der Waals surface area contributed by atoms with E-state index in [-0.39, 0.29) is 17.7 Å². The molecule has 2 fully saturated rings. The minimum absolute atomic E-state index is 0.0314. The summed E-state index contributed by atoms with van der Waals surface area (Å²) in [7, 11) is 0. The summed E-state index contributed by atoms with van der Waals surface area (Å²) in [4.78, 5) is 26.3. The molecule has 3 atom stereocenters. The number of aryl methyl sites for hydroxylation is 1. The van der Waals surface area contributed by atoms with Gasteiger partial charge in [0.2, 0.25) is 5.91 Å². The lowest BCUT2D eigenvalue weighted by Crippen LogP contribution is -2.47. The van der Waals surface area contributed by atoms with Crippen molar-refractivity contribution >= 4 is 11.9 Å². The Hall–Kier alpha value is -1.84. The Labute approximate surface area is 143 Å². The topological polar surface area (TPSA) is 57.6 Å². The maximum atomic E-state index is 12.8. The molecule has 3 rings (SSSR count). The van der Waals surface area contributed by atoms with Crippen LogP contribution < -0.4 is 0 Å². The van der Waals surface area contributed by atoms with Crippen molar-refractivity contribution in [3.63, 3.8) is 0 Å². The van der Waals surface area contributed by atoms with Crippen molar-refractivity contribution in [1.82, 2.24) is 4.90 Å². The van der Waals surface area contributed by atoms with Crippen molar-refractivity contribution in [2.75, 3.05) is 13.1 Å². The Morgan fingerprint density at radius 3 is 2.71 bits per heavy atom. The second-order valence-electron chi connectivity index (χ2n) is 8.01. The zero-order chi connectivity index (χ0) is 17.5. The van der Waals surface area contributed by atoms with Gasteiger partial charge in [0.25, 0.3) is 0 Å². The van der Waals surface area contributed by atoms with E-state index in [0.717, 1.165) is 25.8 Å². The first-order chi connectivity index (χ1) is 11.3. The van der Waals surface area contributed by atoms with Crippen molar-refractivity contribution in [2.24, 2.45) is 17.3 Å². The standard InChI is InChI=1S/C20H27NO3/c1-13-6-4-7-14(10-13)16-11-17(16)18(22)21-9-5-8-15(12-21)20(2,3)19(23)24/h4,6-7,10,15-17H,5,8-9,11-12H2,1-3H3,(H,23,24)/t15?,16-,17+/m0/s1. The number of piperidine rings is 1. The van der Waals surface area contributed by atoms with E-state index in [1.54, 1.807) is 13.8 Å². The molecule has 4 nitrogen and oxygen atoms in total. The highest BCUT2D eigenvalue weighted by Gasteiger charge is 2.47. The predicted molar refractivity (Wildman–Crippen MR) is 92.7 cm³/mol. The molecule has 0 radical (unpaired) electrons. The van der Waals surface area contributed by atoms with Gasteiger partial charge in [-0.3, -0.25) is 9.59 Å². The second-order valence-corrected chi connectivity index (χ2v) is 8.01. The van der Waals surface area contributed by atoms with Crippen LogP contribution in [0.15, 0.2) is 24.3 Å². The zero-order valence-corrected chi connectivity index (χ0v) is 14.8. The van der Waals surface area contributed by atoms with Crippen LogP contribution >= 0.6 is 0 Å². The van der Waals surface area contributed by atoms with Crippen molar-refractivity contribution in [2.45, 2.75) is 46.0 Å². The molecule has 0 bridgehead atoms. The summed E-state index contributed by atoms with van der Waals surface area (Å²) >= 11 is 0. The first-order valence-electron chi connectivity index (χ1n) is 8.89. The molecule has 4 heteroatoms. The van der Waals surface area contributed by atoms with Crippen molar-refractivity contribution < 1.29 is 14.7 Å². The number of rotatable bonds is 4. The van der Waals surface area contributed by atoms with Crippen molar-refractivity contribution in [1.29, 1.82) is 0 Å². The minimum Gasteiger partial charge on any atom is -0.481 e. The van der Waals surface area contributed by atoms with Crippen LogP contribution in [0.4, 0.5) is 0 Å². The SMILES string of the molecule is Cc1cccc([C@@H]2C[C@H]2C(=O)N2CCCC(C(C)(C)C(=O)O)C2)c1. The lowest BCUT2D eigenvalue weighted by molar-refractivity contribution is -0.153. The molecule has 2 aliphatic rings. The lowest BCUT2D eigenvalue weighted by Gasteiger charge is -2.39. The van der Waals surface area contributed by atoms with Gasteiger partial charge in [0.05, 0.1) is 5.41 Å². The third kappa shape index (κ3) is 3.19. The van der Waals surface area contributed by atoms with Crippen molar-refractivity contribution in [3.8, 4) is 0 Å². The average molecular weight is 329 g/mol. The van der Waals surface area contributed by atoms with Gasteiger partial charge >= 0.3 is 5.97 Å². The molecule has 1 aromatic rings. The Bertz CT molecular complexity index is 652. The van der Waals surface area contributed by atoms with Gasteiger partial charge in [-0.05, 0) is 57.4 Å². The maximum Gasteiger partial charge on any atom is 0.309 e. The first kappa shape index (κ1) is 17.0. The first-order valence-corrected chi connectivity index (χ1v) is 8.89. The monoisotopic (exact) mass is 329 g/mol. The maximum absolute atomic E-state index is 12.8. The molecule has 1 aromatic carbocycles. The molecular formula is C20H27NO3. The average Bonchev–Trinajstić information content (AvgIpc) is 3.35. The highest BCUT2D eigenvalue weighted by atomic mass is 16.4. The van der Waals surface area contributed by atoms with Crippen LogP contribution in [-0.2, 0) is 9.59 Å². The van der Waals surface area contributed by atoms with Crippen LogP contribution in [0.1, 0.15) is 50.2 Å². The molecule has 1 saturated heterocycles. The molecule has 0 spiro atoms. The number of carboxylic acid groups (broad SMARTS) is 1. The fraction of sp³-hybridized carbons (Fsp3) is 0.600. The summed E-state index contributed by atoms with van der Waals surface area (Å²) < 4.78 is 0. The van der Waals surface area contributed by atoms with Gasteiger partial charge in [0, 0.05) is 19.0 Å². The van der Waals surface area contributed by atoms with Crippen LogP contribution in [0.3, 0.4) is 0 Å². The summed E-state index contributed by atoms with van der Waals surface area (Å²) in [6.45, 7) is 6.98. The number of carboxylic acids is 1. The number of hydrogen-bond acceptors (Lipinski definition) is 2. The van der Waals surface area contributed by atoms with Crippen LogP contribution in [0, 0.1) is 24.2 Å². The third-order valence-corrected chi connectivity index (χ3v) is 5.88. The molecule has 0 aromatic heterocycles. The van der Waals surface area contributed by atoms with E-state index < -0.39 is 11.4 Å². The second kappa shape index (κ2) is 6.23.